The Labute approximate surface area is 183 Å². The predicted molar refractivity (Wildman–Crippen MR) is 123 cm³/mol. The number of rotatable bonds is 8. The normalized spacial score (nSPS) is 12.1. The van der Waals surface area contributed by atoms with Crippen molar-refractivity contribution >= 4 is 41.5 Å². The van der Waals surface area contributed by atoms with Crippen molar-refractivity contribution in [2.24, 2.45) is 4.99 Å². The highest BCUT2D eigenvalue weighted by Gasteiger charge is 2.08. The van der Waals surface area contributed by atoms with Gasteiger partial charge in [-0.15, -0.1) is 24.0 Å². The number of nitrogens with zero attached hydrogens (tertiary/aromatic N) is 1. The van der Waals surface area contributed by atoms with Gasteiger partial charge in [0.1, 0.15) is 5.75 Å². The molecule has 0 saturated heterocycles. The maximum absolute atomic E-state index is 10.4. The highest BCUT2D eigenvalue weighted by atomic mass is 127. The zero-order chi connectivity index (χ0) is 18.8. The van der Waals surface area contributed by atoms with E-state index in [2.05, 4.69) is 15.6 Å². The van der Waals surface area contributed by atoms with Gasteiger partial charge in [-0.3, -0.25) is 4.99 Å². The molecule has 0 amide bonds. The van der Waals surface area contributed by atoms with Crippen LogP contribution < -0.4 is 15.4 Å². The van der Waals surface area contributed by atoms with Crippen molar-refractivity contribution in [1.29, 1.82) is 0 Å². The monoisotopic (exact) mass is 503 g/mol. The summed E-state index contributed by atoms with van der Waals surface area (Å²) in [4.78, 5) is 4.47. The number of halogens is 2. The molecule has 2 rings (SSSR count). The summed E-state index contributed by atoms with van der Waals surface area (Å²) in [6.07, 6.45) is 0.150. The molecule has 7 heteroatoms. The molecule has 0 fully saturated rings. The van der Waals surface area contributed by atoms with Crippen molar-refractivity contribution in [2.45, 2.75) is 19.4 Å². The van der Waals surface area contributed by atoms with Crippen molar-refractivity contribution in [3.63, 3.8) is 0 Å². The molecule has 1 atom stereocenters. The van der Waals surface area contributed by atoms with E-state index in [1.54, 1.807) is 7.11 Å². The van der Waals surface area contributed by atoms with Gasteiger partial charge in [-0.2, -0.15) is 0 Å². The molecule has 0 aliphatic rings. The van der Waals surface area contributed by atoms with Gasteiger partial charge in [-0.05, 0) is 48.7 Å². The molecule has 0 spiro atoms. The Morgan fingerprint density at radius 1 is 1.19 bits per heavy atom. The summed E-state index contributed by atoms with van der Waals surface area (Å²) >= 11 is 6.01. The number of hydrogen-bond donors (Lipinski definition) is 3. The van der Waals surface area contributed by atoms with Crippen molar-refractivity contribution in [3.8, 4) is 5.75 Å². The Balaban J connectivity index is 0.00000364. The molecule has 148 valence electrons. The first-order valence-electron chi connectivity index (χ1n) is 8.71. The second-order valence-corrected chi connectivity index (χ2v) is 6.26. The highest BCUT2D eigenvalue weighted by Crippen LogP contribution is 2.19. The zero-order valence-corrected chi connectivity index (χ0v) is 18.7. The van der Waals surface area contributed by atoms with E-state index in [-0.39, 0.29) is 30.5 Å². The maximum Gasteiger partial charge on any atom is 0.191 e. The zero-order valence-electron chi connectivity index (χ0n) is 15.6. The molecular weight excluding hydrogens is 477 g/mol. The van der Waals surface area contributed by atoms with Gasteiger partial charge in [0.25, 0.3) is 0 Å². The van der Waals surface area contributed by atoms with E-state index >= 15 is 0 Å². The number of methoxy groups -OCH3 is 1. The average Bonchev–Trinajstić information content (AvgIpc) is 2.66. The molecule has 3 N–H and O–H groups in total. The molecular formula is C20H27ClIN3O2. The fourth-order valence-electron chi connectivity index (χ4n) is 2.49. The summed E-state index contributed by atoms with van der Waals surface area (Å²) < 4.78 is 5.19. The van der Waals surface area contributed by atoms with Crippen LogP contribution >= 0.6 is 35.6 Å². The number of ether oxygens (including phenoxy) is 1. The SMILES string of the molecule is CCNC(=NCC(O)c1cccc(OC)c1)NCCc1cccc(Cl)c1.I. The molecule has 0 saturated carbocycles. The lowest BCUT2D eigenvalue weighted by Crippen LogP contribution is -2.38. The Morgan fingerprint density at radius 3 is 2.67 bits per heavy atom. The topological polar surface area (TPSA) is 65.9 Å². The van der Waals surface area contributed by atoms with Gasteiger partial charge < -0.3 is 20.5 Å². The number of nitrogens with one attached hydrogen (secondary N) is 2. The van der Waals surface area contributed by atoms with E-state index in [0.717, 1.165) is 41.4 Å². The van der Waals surface area contributed by atoms with Gasteiger partial charge in [0, 0.05) is 18.1 Å². The summed E-state index contributed by atoms with van der Waals surface area (Å²) in [7, 11) is 1.61. The van der Waals surface area contributed by atoms with Gasteiger partial charge in [-0.25, -0.2) is 0 Å². The molecule has 2 aromatic carbocycles. The van der Waals surface area contributed by atoms with Crippen LogP contribution in [0.1, 0.15) is 24.2 Å². The molecule has 1 unspecified atom stereocenters. The van der Waals surface area contributed by atoms with Crippen LogP contribution in [-0.4, -0.2) is 37.8 Å². The van der Waals surface area contributed by atoms with Crippen LogP contribution in [0.25, 0.3) is 0 Å². The molecule has 2 aromatic rings. The molecule has 0 heterocycles. The highest BCUT2D eigenvalue weighted by molar-refractivity contribution is 14.0. The van der Waals surface area contributed by atoms with Crippen LogP contribution in [0.5, 0.6) is 5.75 Å². The predicted octanol–water partition coefficient (Wildman–Crippen LogP) is 3.80. The van der Waals surface area contributed by atoms with E-state index in [4.69, 9.17) is 16.3 Å². The first-order chi connectivity index (χ1) is 12.6. The van der Waals surface area contributed by atoms with E-state index in [0.29, 0.717) is 5.96 Å². The Kier molecular flexibility index (Phi) is 11.2. The van der Waals surface area contributed by atoms with Gasteiger partial charge in [-0.1, -0.05) is 35.9 Å². The standard InChI is InChI=1S/C20H26ClN3O2.HI/c1-3-22-20(23-11-10-15-6-4-8-17(21)12-15)24-14-19(25)16-7-5-9-18(13-16)26-2;/h4-9,12-13,19,25H,3,10-11,14H2,1-2H3,(H2,22,23,24);1H. The Morgan fingerprint density at radius 2 is 1.96 bits per heavy atom. The molecule has 27 heavy (non-hydrogen) atoms. The quantitative estimate of drug-likeness (QED) is 0.291. The van der Waals surface area contributed by atoms with Crippen LogP contribution in [0.2, 0.25) is 5.02 Å². The van der Waals surface area contributed by atoms with E-state index in [1.807, 2.05) is 55.5 Å². The third-order valence-electron chi connectivity index (χ3n) is 3.84. The summed E-state index contributed by atoms with van der Waals surface area (Å²) in [5.41, 5.74) is 1.94. The smallest absolute Gasteiger partial charge is 0.191 e. The third kappa shape index (κ3) is 8.36. The lowest BCUT2D eigenvalue weighted by molar-refractivity contribution is 0.186. The molecule has 0 aromatic heterocycles. The number of guanidine groups is 1. The molecule has 5 nitrogen and oxygen atoms in total. The van der Waals surface area contributed by atoms with Gasteiger partial charge >= 0.3 is 0 Å². The number of aliphatic hydroxyl groups is 1. The minimum atomic E-state index is -0.687. The third-order valence-corrected chi connectivity index (χ3v) is 4.08. The second kappa shape index (κ2) is 12.8. The van der Waals surface area contributed by atoms with Gasteiger partial charge in [0.05, 0.1) is 19.8 Å². The number of aliphatic hydroxyl groups excluding tert-OH is 1. The number of aliphatic imine (C=N–C) groups is 1. The minimum absolute atomic E-state index is 0. The summed E-state index contributed by atoms with van der Waals surface area (Å²) in [6, 6.07) is 15.2. The van der Waals surface area contributed by atoms with E-state index in [9.17, 15) is 5.11 Å². The van der Waals surface area contributed by atoms with Crippen molar-refractivity contribution < 1.29 is 9.84 Å². The molecule has 0 radical (unpaired) electrons. The Bertz CT molecular complexity index is 728. The van der Waals surface area contributed by atoms with E-state index < -0.39 is 6.10 Å². The van der Waals surface area contributed by atoms with Crippen molar-refractivity contribution in [2.75, 3.05) is 26.7 Å². The van der Waals surface area contributed by atoms with Crippen molar-refractivity contribution in [3.05, 3.63) is 64.7 Å². The van der Waals surface area contributed by atoms with Crippen LogP contribution in [0.4, 0.5) is 0 Å². The Hall–Kier alpha value is -1.51. The largest absolute Gasteiger partial charge is 0.497 e. The minimum Gasteiger partial charge on any atom is -0.497 e. The van der Waals surface area contributed by atoms with Crippen LogP contribution in [0, 0.1) is 0 Å². The lowest BCUT2D eigenvalue weighted by atomic mass is 10.1. The summed E-state index contributed by atoms with van der Waals surface area (Å²) in [5.74, 6) is 1.40. The number of hydrogen-bond acceptors (Lipinski definition) is 3. The average molecular weight is 504 g/mol. The van der Waals surface area contributed by atoms with Gasteiger partial charge in [0.15, 0.2) is 5.96 Å². The van der Waals surface area contributed by atoms with Crippen LogP contribution in [0.15, 0.2) is 53.5 Å². The van der Waals surface area contributed by atoms with Crippen molar-refractivity contribution in [1.82, 2.24) is 10.6 Å². The fraction of sp³-hybridized carbons (Fsp3) is 0.350. The molecule has 0 aliphatic heterocycles. The van der Waals surface area contributed by atoms with Crippen LogP contribution in [-0.2, 0) is 6.42 Å². The number of benzene rings is 2. The molecule has 0 bridgehead atoms. The second-order valence-electron chi connectivity index (χ2n) is 5.82. The van der Waals surface area contributed by atoms with Gasteiger partial charge in [0.2, 0.25) is 0 Å². The lowest BCUT2D eigenvalue weighted by Gasteiger charge is -2.14. The first-order valence-corrected chi connectivity index (χ1v) is 9.08. The fourth-order valence-corrected chi connectivity index (χ4v) is 2.70. The maximum atomic E-state index is 10.4. The molecule has 0 aliphatic carbocycles. The summed E-state index contributed by atoms with van der Waals surface area (Å²) in [6.45, 7) is 3.74. The van der Waals surface area contributed by atoms with E-state index in [1.165, 1.54) is 0 Å². The summed E-state index contributed by atoms with van der Waals surface area (Å²) in [5, 5.41) is 17.6. The van der Waals surface area contributed by atoms with Crippen LogP contribution in [0.3, 0.4) is 0 Å². The first kappa shape index (κ1) is 23.5.